The highest BCUT2D eigenvalue weighted by Gasteiger charge is 2.01. The van der Waals surface area contributed by atoms with E-state index in [1.165, 1.54) is 17.5 Å². The van der Waals surface area contributed by atoms with Crippen molar-refractivity contribution in [3.05, 3.63) is 23.3 Å². The maximum atomic E-state index is 5.63. The molecule has 1 rings (SSSR count). The third kappa shape index (κ3) is 2.95. The zero-order chi connectivity index (χ0) is 10.6. The predicted molar refractivity (Wildman–Crippen MR) is 63.6 cm³/mol. The zero-order valence-electron chi connectivity index (χ0n) is 9.13. The van der Waals surface area contributed by atoms with E-state index in [-0.39, 0.29) is 0 Å². The van der Waals surface area contributed by atoms with Gasteiger partial charge in [-0.15, -0.1) is 12.6 Å². The number of thiol groups is 1. The summed E-state index contributed by atoms with van der Waals surface area (Å²) in [5.41, 5.74) is 2.36. The monoisotopic (exact) mass is 210 g/mol. The van der Waals surface area contributed by atoms with Crippen LogP contribution in [0.3, 0.4) is 0 Å². The average Bonchev–Trinajstić information content (AvgIpc) is 2.14. The lowest BCUT2D eigenvalue weighted by Crippen LogP contribution is -1.97. The number of aryl methyl sites for hydroxylation is 2. The number of rotatable bonds is 4. The summed E-state index contributed by atoms with van der Waals surface area (Å²) in [7, 11) is 0. The van der Waals surface area contributed by atoms with Crippen molar-refractivity contribution in [1.29, 1.82) is 0 Å². The van der Waals surface area contributed by atoms with Crippen molar-refractivity contribution >= 4 is 12.6 Å². The number of benzene rings is 1. The smallest absolute Gasteiger partial charge is 0.119 e. The first-order valence-corrected chi connectivity index (χ1v) is 5.53. The second-order valence-electron chi connectivity index (χ2n) is 3.61. The summed E-state index contributed by atoms with van der Waals surface area (Å²) in [4.78, 5) is 1.06. The van der Waals surface area contributed by atoms with Crippen LogP contribution in [0, 0.1) is 13.8 Å². The Hall–Kier alpha value is -0.630. The molecule has 0 amide bonds. The van der Waals surface area contributed by atoms with Crippen molar-refractivity contribution < 1.29 is 4.74 Å². The first-order valence-electron chi connectivity index (χ1n) is 5.08. The van der Waals surface area contributed by atoms with E-state index < -0.39 is 0 Å². The van der Waals surface area contributed by atoms with Gasteiger partial charge in [0.1, 0.15) is 5.75 Å². The highest BCUT2D eigenvalue weighted by molar-refractivity contribution is 7.80. The van der Waals surface area contributed by atoms with Gasteiger partial charge in [0.2, 0.25) is 0 Å². The third-order valence-corrected chi connectivity index (χ3v) is 2.94. The molecule has 0 fully saturated rings. The number of unbranched alkanes of at least 4 members (excludes halogenated alkanes) is 1. The molecule has 0 aliphatic rings. The highest BCUT2D eigenvalue weighted by atomic mass is 32.1. The maximum Gasteiger partial charge on any atom is 0.119 e. The van der Waals surface area contributed by atoms with Gasteiger partial charge in [0.25, 0.3) is 0 Å². The Morgan fingerprint density at radius 2 is 1.79 bits per heavy atom. The van der Waals surface area contributed by atoms with Crippen molar-refractivity contribution in [1.82, 2.24) is 0 Å². The second-order valence-corrected chi connectivity index (χ2v) is 4.05. The first kappa shape index (κ1) is 11.4. The fourth-order valence-electron chi connectivity index (χ4n) is 1.33. The van der Waals surface area contributed by atoms with Gasteiger partial charge < -0.3 is 4.74 Å². The summed E-state index contributed by atoms with van der Waals surface area (Å²) in [6, 6.07) is 4.09. The Labute approximate surface area is 91.9 Å². The van der Waals surface area contributed by atoms with Crippen LogP contribution < -0.4 is 4.74 Å². The van der Waals surface area contributed by atoms with Gasteiger partial charge in [-0.3, -0.25) is 0 Å². The van der Waals surface area contributed by atoms with Crippen molar-refractivity contribution in [3.63, 3.8) is 0 Å². The second kappa shape index (κ2) is 5.30. The predicted octanol–water partition coefficient (Wildman–Crippen LogP) is 3.77. The van der Waals surface area contributed by atoms with E-state index in [9.17, 15) is 0 Å². The molecule has 0 radical (unpaired) electrons. The van der Waals surface area contributed by atoms with Crippen LogP contribution in [0.25, 0.3) is 0 Å². The van der Waals surface area contributed by atoms with Crippen molar-refractivity contribution in [2.24, 2.45) is 0 Å². The molecule has 14 heavy (non-hydrogen) atoms. The normalized spacial score (nSPS) is 10.3. The van der Waals surface area contributed by atoms with Crippen LogP contribution in [0.15, 0.2) is 17.0 Å². The molecule has 1 aromatic rings. The van der Waals surface area contributed by atoms with Gasteiger partial charge >= 0.3 is 0 Å². The Bertz CT molecular complexity index is 284. The minimum absolute atomic E-state index is 0.807. The van der Waals surface area contributed by atoms with Gasteiger partial charge in [-0.05, 0) is 43.5 Å². The minimum Gasteiger partial charge on any atom is -0.494 e. The van der Waals surface area contributed by atoms with Crippen LogP contribution in [-0.4, -0.2) is 6.61 Å². The molecule has 1 aromatic carbocycles. The lowest BCUT2D eigenvalue weighted by molar-refractivity contribution is 0.309. The molecular weight excluding hydrogens is 192 g/mol. The molecule has 0 saturated heterocycles. The SMILES string of the molecule is CCCCOc1cc(C)c(S)c(C)c1. The molecule has 0 atom stereocenters. The summed E-state index contributed by atoms with van der Waals surface area (Å²) in [5.74, 6) is 0.964. The molecule has 0 aliphatic carbocycles. The quantitative estimate of drug-likeness (QED) is 0.588. The Morgan fingerprint density at radius 1 is 1.21 bits per heavy atom. The van der Waals surface area contributed by atoms with Crippen LogP contribution in [0.1, 0.15) is 30.9 Å². The Kier molecular flexibility index (Phi) is 4.33. The molecule has 2 heteroatoms. The third-order valence-electron chi connectivity index (χ3n) is 2.23. The number of hydrogen-bond donors (Lipinski definition) is 1. The Morgan fingerprint density at radius 3 is 2.29 bits per heavy atom. The standard InChI is InChI=1S/C12H18OS/c1-4-5-6-13-11-7-9(2)12(14)10(3)8-11/h7-8,14H,4-6H2,1-3H3. The van der Waals surface area contributed by atoms with E-state index in [4.69, 9.17) is 4.74 Å². The molecule has 0 aromatic heterocycles. The fourth-order valence-corrected chi connectivity index (χ4v) is 1.46. The lowest BCUT2D eigenvalue weighted by atomic mass is 10.1. The molecule has 0 N–H and O–H groups in total. The van der Waals surface area contributed by atoms with E-state index in [0.717, 1.165) is 23.7 Å². The average molecular weight is 210 g/mol. The molecule has 0 heterocycles. The zero-order valence-corrected chi connectivity index (χ0v) is 10.0. The van der Waals surface area contributed by atoms with Crippen LogP contribution >= 0.6 is 12.6 Å². The molecule has 0 unspecified atom stereocenters. The Balaban J connectivity index is 2.69. The van der Waals surface area contributed by atoms with Gasteiger partial charge in [0, 0.05) is 4.90 Å². The van der Waals surface area contributed by atoms with Crippen molar-refractivity contribution in [2.45, 2.75) is 38.5 Å². The molecule has 0 aliphatic heterocycles. The summed E-state index contributed by atoms with van der Waals surface area (Å²) in [6.07, 6.45) is 2.28. The molecule has 78 valence electrons. The van der Waals surface area contributed by atoms with Crippen molar-refractivity contribution in [2.75, 3.05) is 6.61 Å². The van der Waals surface area contributed by atoms with Gasteiger partial charge in [0.05, 0.1) is 6.61 Å². The van der Waals surface area contributed by atoms with Crippen LogP contribution in [0.5, 0.6) is 5.75 Å². The highest BCUT2D eigenvalue weighted by Crippen LogP contribution is 2.24. The van der Waals surface area contributed by atoms with Gasteiger partial charge in [0.15, 0.2) is 0 Å². The fraction of sp³-hybridized carbons (Fsp3) is 0.500. The molecule has 1 nitrogen and oxygen atoms in total. The van der Waals surface area contributed by atoms with Crippen molar-refractivity contribution in [3.8, 4) is 5.75 Å². The van der Waals surface area contributed by atoms with Crippen LogP contribution in [0.4, 0.5) is 0 Å². The largest absolute Gasteiger partial charge is 0.494 e. The summed E-state index contributed by atoms with van der Waals surface area (Å²) in [5, 5.41) is 0. The van der Waals surface area contributed by atoms with E-state index in [2.05, 4.69) is 33.4 Å². The van der Waals surface area contributed by atoms with E-state index in [1.54, 1.807) is 0 Å². The van der Waals surface area contributed by atoms with E-state index in [1.807, 2.05) is 12.1 Å². The minimum atomic E-state index is 0.807. The van der Waals surface area contributed by atoms with Gasteiger partial charge in [-0.25, -0.2) is 0 Å². The lowest BCUT2D eigenvalue weighted by Gasteiger charge is -2.09. The van der Waals surface area contributed by atoms with E-state index >= 15 is 0 Å². The number of ether oxygens (including phenoxy) is 1. The van der Waals surface area contributed by atoms with E-state index in [0.29, 0.717) is 0 Å². The maximum absolute atomic E-state index is 5.63. The van der Waals surface area contributed by atoms with Gasteiger partial charge in [-0.2, -0.15) is 0 Å². The summed E-state index contributed by atoms with van der Waals surface area (Å²) in [6.45, 7) is 7.09. The van der Waals surface area contributed by atoms with Gasteiger partial charge in [-0.1, -0.05) is 13.3 Å². The van der Waals surface area contributed by atoms with Crippen LogP contribution in [0.2, 0.25) is 0 Å². The molecule has 0 saturated carbocycles. The molecule has 0 spiro atoms. The topological polar surface area (TPSA) is 9.23 Å². The molecule has 0 bridgehead atoms. The molecular formula is C12H18OS. The van der Waals surface area contributed by atoms with Crippen LogP contribution in [-0.2, 0) is 0 Å². The summed E-state index contributed by atoms with van der Waals surface area (Å²) < 4.78 is 5.63. The summed E-state index contributed by atoms with van der Waals surface area (Å²) >= 11 is 4.41. The first-order chi connectivity index (χ1) is 6.65. The number of hydrogen-bond acceptors (Lipinski definition) is 2.